The lowest BCUT2D eigenvalue weighted by Gasteiger charge is -2.26. The Bertz CT molecular complexity index is 1200. The van der Waals surface area contributed by atoms with E-state index in [1.54, 1.807) is 4.57 Å². The highest BCUT2D eigenvalue weighted by molar-refractivity contribution is 5.82. The van der Waals surface area contributed by atoms with Crippen LogP contribution in [0, 0.1) is 6.92 Å². The Morgan fingerprint density at radius 1 is 0.889 bits per heavy atom. The number of benzene rings is 2. The van der Waals surface area contributed by atoms with Crippen LogP contribution in [-0.2, 0) is 0 Å². The highest BCUT2D eigenvalue weighted by atomic mass is 16.1. The average molecular weight is 359 g/mol. The van der Waals surface area contributed by atoms with Gasteiger partial charge in [-0.1, -0.05) is 30.3 Å². The van der Waals surface area contributed by atoms with Crippen LogP contribution < -0.4 is 10.5 Å². The first-order valence-corrected chi connectivity index (χ1v) is 9.45. The van der Waals surface area contributed by atoms with Gasteiger partial charge in [0.15, 0.2) is 0 Å². The van der Waals surface area contributed by atoms with Crippen LogP contribution in [0.3, 0.4) is 0 Å². The van der Waals surface area contributed by atoms with E-state index in [0.717, 1.165) is 48.6 Å². The van der Waals surface area contributed by atoms with Crippen LogP contribution in [0.5, 0.6) is 0 Å². The third kappa shape index (κ3) is 2.44. The fourth-order valence-electron chi connectivity index (χ4n) is 4.02. The molecule has 0 bridgehead atoms. The molecule has 1 saturated heterocycles. The second-order valence-electron chi connectivity index (χ2n) is 7.13. The van der Waals surface area contributed by atoms with Crippen molar-refractivity contribution in [2.45, 2.75) is 26.2 Å². The normalized spacial score (nSPS) is 14.9. The van der Waals surface area contributed by atoms with Crippen LogP contribution in [-0.4, -0.2) is 32.3 Å². The molecule has 0 saturated carbocycles. The van der Waals surface area contributed by atoms with Crippen LogP contribution in [0.4, 0.5) is 5.95 Å². The predicted molar refractivity (Wildman–Crippen MR) is 107 cm³/mol. The molecule has 0 unspecified atom stereocenters. The molecule has 0 spiro atoms. The van der Waals surface area contributed by atoms with Crippen molar-refractivity contribution < 1.29 is 0 Å². The zero-order chi connectivity index (χ0) is 18.4. The SMILES string of the molecule is Cc1ccccc1-n1c(=O)c2ccccc2n2c(N3CCCCC3)nnc12. The first-order chi connectivity index (χ1) is 13.3. The van der Waals surface area contributed by atoms with Crippen molar-refractivity contribution >= 4 is 22.6 Å². The molecule has 27 heavy (non-hydrogen) atoms. The molecule has 4 aromatic rings. The van der Waals surface area contributed by atoms with Crippen LogP contribution >= 0.6 is 0 Å². The van der Waals surface area contributed by atoms with E-state index in [2.05, 4.69) is 15.1 Å². The number of para-hydroxylation sites is 2. The second-order valence-corrected chi connectivity index (χ2v) is 7.13. The number of anilines is 1. The third-order valence-corrected chi connectivity index (χ3v) is 5.40. The molecule has 136 valence electrons. The lowest BCUT2D eigenvalue weighted by Crippen LogP contribution is -2.31. The third-order valence-electron chi connectivity index (χ3n) is 5.40. The molecule has 1 fully saturated rings. The van der Waals surface area contributed by atoms with Crippen molar-refractivity contribution in [3.63, 3.8) is 0 Å². The van der Waals surface area contributed by atoms with E-state index in [-0.39, 0.29) is 5.56 Å². The molecule has 5 rings (SSSR count). The Balaban J connectivity index is 1.90. The summed E-state index contributed by atoms with van der Waals surface area (Å²) in [6, 6.07) is 15.6. The Kier molecular flexibility index (Phi) is 3.70. The average Bonchev–Trinajstić information content (AvgIpc) is 3.15. The first kappa shape index (κ1) is 16.1. The maximum absolute atomic E-state index is 13.3. The molecule has 2 aromatic carbocycles. The van der Waals surface area contributed by atoms with Crippen molar-refractivity contribution in [3.05, 3.63) is 64.4 Å². The van der Waals surface area contributed by atoms with Crippen molar-refractivity contribution in [1.82, 2.24) is 19.2 Å². The van der Waals surface area contributed by atoms with Crippen molar-refractivity contribution in [1.29, 1.82) is 0 Å². The molecule has 2 aromatic heterocycles. The summed E-state index contributed by atoms with van der Waals surface area (Å²) in [4.78, 5) is 15.6. The largest absolute Gasteiger partial charge is 0.341 e. The summed E-state index contributed by atoms with van der Waals surface area (Å²) in [6.07, 6.45) is 3.57. The van der Waals surface area contributed by atoms with Crippen molar-refractivity contribution in [2.75, 3.05) is 18.0 Å². The molecule has 0 aliphatic carbocycles. The maximum atomic E-state index is 13.3. The van der Waals surface area contributed by atoms with E-state index in [9.17, 15) is 4.79 Å². The van der Waals surface area contributed by atoms with Crippen molar-refractivity contribution in [3.8, 4) is 5.69 Å². The number of hydrogen-bond donors (Lipinski definition) is 0. The lowest BCUT2D eigenvalue weighted by atomic mass is 10.1. The summed E-state index contributed by atoms with van der Waals surface area (Å²) in [5.41, 5.74) is 2.66. The fourth-order valence-corrected chi connectivity index (χ4v) is 4.02. The molecule has 6 heteroatoms. The van der Waals surface area contributed by atoms with Gasteiger partial charge < -0.3 is 4.90 Å². The van der Waals surface area contributed by atoms with Gasteiger partial charge in [-0.3, -0.25) is 4.79 Å². The number of rotatable bonds is 2. The summed E-state index contributed by atoms with van der Waals surface area (Å²) in [7, 11) is 0. The van der Waals surface area contributed by atoms with Gasteiger partial charge in [0.25, 0.3) is 5.56 Å². The predicted octanol–water partition coefficient (Wildman–Crippen LogP) is 3.33. The Labute approximate surface area is 156 Å². The van der Waals surface area contributed by atoms with Crippen LogP contribution in [0.1, 0.15) is 24.8 Å². The van der Waals surface area contributed by atoms with Crippen LogP contribution in [0.15, 0.2) is 53.3 Å². The summed E-state index contributed by atoms with van der Waals surface area (Å²) >= 11 is 0. The van der Waals surface area contributed by atoms with Crippen molar-refractivity contribution in [2.24, 2.45) is 0 Å². The zero-order valence-electron chi connectivity index (χ0n) is 15.3. The van der Waals surface area contributed by atoms with Gasteiger partial charge in [-0.2, -0.15) is 0 Å². The molecule has 0 N–H and O–H groups in total. The second kappa shape index (κ2) is 6.23. The first-order valence-electron chi connectivity index (χ1n) is 9.45. The fraction of sp³-hybridized carbons (Fsp3) is 0.286. The highest BCUT2D eigenvalue weighted by Gasteiger charge is 2.22. The number of nitrogens with zero attached hydrogens (tertiary/aromatic N) is 5. The number of hydrogen-bond acceptors (Lipinski definition) is 4. The molecular weight excluding hydrogens is 338 g/mol. The topological polar surface area (TPSA) is 55.4 Å². The molecule has 0 radical (unpaired) electrons. The monoisotopic (exact) mass is 359 g/mol. The Hall–Kier alpha value is -3.15. The Morgan fingerprint density at radius 2 is 1.63 bits per heavy atom. The van der Waals surface area contributed by atoms with E-state index in [4.69, 9.17) is 0 Å². The van der Waals surface area contributed by atoms with E-state index in [1.807, 2.05) is 59.9 Å². The smallest absolute Gasteiger partial charge is 0.267 e. The molecule has 1 aliphatic rings. The molecule has 6 nitrogen and oxygen atoms in total. The number of aryl methyl sites for hydroxylation is 1. The van der Waals surface area contributed by atoms with Gasteiger partial charge in [0.05, 0.1) is 16.6 Å². The van der Waals surface area contributed by atoms with E-state index in [0.29, 0.717) is 11.2 Å². The highest BCUT2D eigenvalue weighted by Crippen LogP contribution is 2.24. The van der Waals surface area contributed by atoms with Gasteiger partial charge >= 0.3 is 0 Å². The number of fused-ring (bicyclic) bond motifs is 3. The number of piperidine rings is 1. The Morgan fingerprint density at radius 3 is 2.44 bits per heavy atom. The molecule has 3 heterocycles. The minimum atomic E-state index is -0.0648. The molecule has 0 amide bonds. The van der Waals surface area contributed by atoms with Gasteiger partial charge in [-0.25, -0.2) is 8.97 Å². The van der Waals surface area contributed by atoms with E-state index in [1.165, 1.54) is 6.42 Å². The van der Waals surface area contributed by atoms with Gasteiger partial charge in [-0.05, 0) is 49.9 Å². The van der Waals surface area contributed by atoms with Crippen LogP contribution in [0.25, 0.3) is 22.4 Å². The van der Waals surface area contributed by atoms with E-state index >= 15 is 0 Å². The standard InChI is InChI=1S/C21H21N5O/c1-15-9-3-5-11-17(15)25-19(27)16-10-4-6-12-18(16)26-20(22-23-21(25)26)24-13-7-2-8-14-24/h3-6,9-12H,2,7-8,13-14H2,1H3. The summed E-state index contributed by atoms with van der Waals surface area (Å²) in [6.45, 7) is 3.95. The lowest BCUT2D eigenvalue weighted by molar-refractivity contribution is 0.567. The van der Waals surface area contributed by atoms with Gasteiger partial charge in [0, 0.05) is 13.1 Å². The minimum Gasteiger partial charge on any atom is -0.341 e. The summed E-state index contributed by atoms with van der Waals surface area (Å²) in [5.74, 6) is 1.39. The van der Waals surface area contributed by atoms with Gasteiger partial charge in [0.2, 0.25) is 11.7 Å². The minimum absolute atomic E-state index is 0.0648. The maximum Gasteiger partial charge on any atom is 0.267 e. The molecule has 0 atom stereocenters. The number of aromatic nitrogens is 4. The van der Waals surface area contributed by atoms with Gasteiger partial charge in [0.1, 0.15) is 0 Å². The zero-order valence-corrected chi connectivity index (χ0v) is 15.3. The summed E-state index contributed by atoms with van der Waals surface area (Å²) in [5, 5.41) is 9.63. The van der Waals surface area contributed by atoms with Gasteiger partial charge in [-0.15, -0.1) is 10.2 Å². The molecular formula is C21H21N5O. The molecule has 1 aliphatic heterocycles. The quantitative estimate of drug-likeness (QED) is 0.551. The van der Waals surface area contributed by atoms with Crippen LogP contribution in [0.2, 0.25) is 0 Å². The van der Waals surface area contributed by atoms with E-state index < -0.39 is 0 Å². The summed E-state index contributed by atoms with van der Waals surface area (Å²) < 4.78 is 3.73.